The van der Waals surface area contributed by atoms with E-state index in [2.05, 4.69) is 5.32 Å². The SMILES string of the molecule is CCCOCC(NC)C1CCCCS1(=O)=O. The van der Waals surface area contributed by atoms with Gasteiger partial charge in [0.1, 0.15) is 0 Å². The van der Waals surface area contributed by atoms with E-state index in [0.29, 0.717) is 19.0 Å². The maximum Gasteiger partial charge on any atom is 0.154 e. The highest BCUT2D eigenvalue weighted by atomic mass is 32.2. The van der Waals surface area contributed by atoms with E-state index in [4.69, 9.17) is 4.74 Å². The summed E-state index contributed by atoms with van der Waals surface area (Å²) in [5.41, 5.74) is 0. The highest BCUT2D eigenvalue weighted by Gasteiger charge is 2.34. The van der Waals surface area contributed by atoms with Crippen molar-refractivity contribution in [3.05, 3.63) is 0 Å². The summed E-state index contributed by atoms with van der Waals surface area (Å²) in [5.74, 6) is 0.337. The molecule has 5 heteroatoms. The van der Waals surface area contributed by atoms with Gasteiger partial charge in [-0.2, -0.15) is 0 Å². The molecule has 0 aliphatic carbocycles. The maximum absolute atomic E-state index is 11.9. The molecule has 1 aliphatic rings. The molecule has 96 valence electrons. The smallest absolute Gasteiger partial charge is 0.154 e. The van der Waals surface area contributed by atoms with Crippen molar-refractivity contribution in [3.8, 4) is 0 Å². The summed E-state index contributed by atoms with van der Waals surface area (Å²) in [6, 6.07) is -0.0585. The molecular weight excluding hydrogens is 226 g/mol. The number of sulfone groups is 1. The Labute approximate surface area is 98.7 Å². The topological polar surface area (TPSA) is 55.4 Å². The third-order valence-corrected chi connectivity index (χ3v) is 5.44. The predicted octanol–water partition coefficient (Wildman–Crippen LogP) is 0.968. The Hall–Kier alpha value is -0.130. The van der Waals surface area contributed by atoms with Gasteiger partial charge in [-0.25, -0.2) is 8.42 Å². The molecule has 0 bridgehead atoms. The molecular formula is C11H23NO3S. The second-order valence-corrected chi connectivity index (χ2v) is 6.71. The molecule has 0 aromatic rings. The van der Waals surface area contributed by atoms with Crippen LogP contribution >= 0.6 is 0 Å². The van der Waals surface area contributed by atoms with Gasteiger partial charge in [0, 0.05) is 12.6 Å². The Bertz CT molecular complexity index is 290. The van der Waals surface area contributed by atoms with E-state index in [1.54, 1.807) is 0 Å². The summed E-state index contributed by atoms with van der Waals surface area (Å²) in [5, 5.41) is 2.82. The third-order valence-electron chi connectivity index (χ3n) is 3.09. The van der Waals surface area contributed by atoms with Gasteiger partial charge in [0.2, 0.25) is 0 Å². The van der Waals surface area contributed by atoms with Crippen molar-refractivity contribution < 1.29 is 13.2 Å². The Morgan fingerprint density at radius 3 is 2.75 bits per heavy atom. The lowest BCUT2D eigenvalue weighted by atomic mass is 10.1. The molecule has 0 radical (unpaired) electrons. The van der Waals surface area contributed by atoms with Gasteiger partial charge in [-0.3, -0.25) is 0 Å². The van der Waals surface area contributed by atoms with Gasteiger partial charge in [0.15, 0.2) is 9.84 Å². The zero-order valence-corrected chi connectivity index (χ0v) is 11.1. The number of likely N-dealkylation sites (N-methyl/N-ethyl adjacent to an activating group) is 1. The Morgan fingerprint density at radius 1 is 1.44 bits per heavy atom. The van der Waals surface area contributed by atoms with E-state index in [-0.39, 0.29) is 11.3 Å². The Kier molecular flexibility index (Phi) is 5.72. The maximum atomic E-state index is 11.9. The second-order valence-electron chi connectivity index (χ2n) is 4.37. The van der Waals surface area contributed by atoms with Crippen molar-refractivity contribution >= 4 is 9.84 Å². The van der Waals surface area contributed by atoms with Gasteiger partial charge >= 0.3 is 0 Å². The molecule has 2 atom stereocenters. The average Bonchev–Trinajstić information content (AvgIpc) is 2.25. The summed E-state index contributed by atoms with van der Waals surface area (Å²) in [6.07, 6.45) is 3.55. The van der Waals surface area contributed by atoms with Gasteiger partial charge in [-0.1, -0.05) is 13.3 Å². The molecule has 2 unspecified atom stereocenters. The van der Waals surface area contributed by atoms with E-state index in [1.807, 2.05) is 14.0 Å². The van der Waals surface area contributed by atoms with Crippen molar-refractivity contribution in [3.63, 3.8) is 0 Å². The lowest BCUT2D eigenvalue weighted by molar-refractivity contribution is 0.111. The van der Waals surface area contributed by atoms with Crippen molar-refractivity contribution in [1.82, 2.24) is 5.32 Å². The van der Waals surface area contributed by atoms with Crippen LogP contribution in [0.25, 0.3) is 0 Å². The van der Waals surface area contributed by atoms with Gasteiger partial charge < -0.3 is 10.1 Å². The first-order chi connectivity index (χ1) is 7.61. The highest BCUT2D eigenvalue weighted by molar-refractivity contribution is 7.92. The molecule has 0 spiro atoms. The average molecular weight is 249 g/mol. The quantitative estimate of drug-likeness (QED) is 0.713. The largest absolute Gasteiger partial charge is 0.380 e. The van der Waals surface area contributed by atoms with Crippen LogP contribution in [0, 0.1) is 0 Å². The van der Waals surface area contributed by atoms with E-state index in [0.717, 1.165) is 25.7 Å². The molecule has 1 saturated heterocycles. The van der Waals surface area contributed by atoms with Gasteiger partial charge in [-0.15, -0.1) is 0 Å². The molecule has 0 saturated carbocycles. The molecule has 1 aliphatic heterocycles. The van der Waals surface area contributed by atoms with E-state index in [9.17, 15) is 8.42 Å². The molecule has 1 rings (SSSR count). The van der Waals surface area contributed by atoms with Crippen LogP contribution in [0.3, 0.4) is 0 Å². The lowest BCUT2D eigenvalue weighted by Gasteiger charge is -2.29. The Morgan fingerprint density at radius 2 is 2.19 bits per heavy atom. The number of hydrogen-bond donors (Lipinski definition) is 1. The highest BCUT2D eigenvalue weighted by Crippen LogP contribution is 2.22. The van der Waals surface area contributed by atoms with E-state index in [1.165, 1.54) is 0 Å². The van der Waals surface area contributed by atoms with Crippen LogP contribution in [0.5, 0.6) is 0 Å². The number of hydrogen-bond acceptors (Lipinski definition) is 4. The van der Waals surface area contributed by atoms with Crippen LogP contribution in [0.15, 0.2) is 0 Å². The second kappa shape index (κ2) is 6.57. The fourth-order valence-corrected chi connectivity index (χ4v) is 4.31. The fraction of sp³-hybridized carbons (Fsp3) is 1.00. The summed E-state index contributed by atoms with van der Waals surface area (Å²) in [7, 11) is -1.10. The van der Waals surface area contributed by atoms with E-state index < -0.39 is 9.84 Å². The summed E-state index contributed by atoms with van der Waals surface area (Å²) >= 11 is 0. The van der Waals surface area contributed by atoms with Crippen LogP contribution in [0.4, 0.5) is 0 Å². The van der Waals surface area contributed by atoms with Crippen molar-refractivity contribution in [2.24, 2.45) is 0 Å². The third kappa shape index (κ3) is 3.71. The predicted molar refractivity (Wildman–Crippen MR) is 65.4 cm³/mol. The summed E-state index contributed by atoms with van der Waals surface area (Å²) in [6.45, 7) is 3.24. The zero-order chi connectivity index (χ0) is 12.0. The fourth-order valence-electron chi connectivity index (χ4n) is 2.16. The molecule has 16 heavy (non-hydrogen) atoms. The minimum Gasteiger partial charge on any atom is -0.380 e. The van der Waals surface area contributed by atoms with Gasteiger partial charge in [0.25, 0.3) is 0 Å². The standard InChI is InChI=1S/C11H23NO3S/c1-3-7-15-9-10(12-2)11-6-4-5-8-16(11,13)14/h10-12H,3-9H2,1-2H3. The van der Waals surface area contributed by atoms with Crippen LogP contribution in [-0.4, -0.2) is 45.7 Å². The molecule has 0 aromatic heterocycles. The minimum atomic E-state index is -2.91. The minimum absolute atomic E-state index is 0.0585. The van der Waals surface area contributed by atoms with Crippen molar-refractivity contribution in [1.29, 1.82) is 0 Å². The molecule has 0 amide bonds. The van der Waals surface area contributed by atoms with Crippen molar-refractivity contribution in [2.45, 2.75) is 43.9 Å². The number of rotatable bonds is 6. The summed E-state index contributed by atoms with van der Waals surface area (Å²) < 4.78 is 29.3. The molecule has 4 nitrogen and oxygen atoms in total. The van der Waals surface area contributed by atoms with Crippen LogP contribution in [-0.2, 0) is 14.6 Å². The summed E-state index contributed by atoms with van der Waals surface area (Å²) in [4.78, 5) is 0. The first kappa shape index (κ1) is 13.9. The first-order valence-electron chi connectivity index (χ1n) is 6.08. The molecule has 0 aromatic carbocycles. The number of ether oxygens (including phenoxy) is 1. The van der Waals surface area contributed by atoms with E-state index >= 15 is 0 Å². The van der Waals surface area contributed by atoms with Crippen LogP contribution < -0.4 is 5.32 Å². The molecule has 1 heterocycles. The van der Waals surface area contributed by atoms with Crippen molar-refractivity contribution in [2.75, 3.05) is 26.0 Å². The van der Waals surface area contributed by atoms with Crippen LogP contribution in [0.2, 0.25) is 0 Å². The zero-order valence-electron chi connectivity index (χ0n) is 10.2. The monoisotopic (exact) mass is 249 g/mol. The molecule has 1 fully saturated rings. The van der Waals surface area contributed by atoms with Gasteiger partial charge in [-0.05, 0) is 26.3 Å². The number of nitrogens with one attached hydrogen (secondary N) is 1. The van der Waals surface area contributed by atoms with Gasteiger partial charge in [0.05, 0.1) is 17.6 Å². The normalized spacial score (nSPS) is 26.5. The first-order valence-corrected chi connectivity index (χ1v) is 7.80. The van der Waals surface area contributed by atoms with Crippen LogP contribution in [0.1, 0.15) is 32.6 Å². The Balaban J connectivity index is 2.56. The molecule has 1 N–H and O–H groups in total. The lowest BCUT2D eigenvalue weighted by Crippen LogP contribution is -2.48.